The zero-order valence-corrected chi connectivity index (χ0v) is 13.6. The van der Waals surface area contributed by atoms with Crippen LogP contribution in [0.1, 0.15) is 17.9 Å². The Balaban J connectivity index is 1.94. The molecule has 1 aromatic carbocycles. The summed E-state index contributed by atoms with van der Waals surface area (Å²) in [5, 5.41) is 0. The van der Waals surface area contributed by atoms with Crippen molar-refractivity contribution < 1.29 is 19.0 Å². The van der Waals surface area contributed by atoms with Gasteiger partial charge in [0.05, 0.1) is 5.92 Å². The highest BCUT2D eigenvalue weighted by Gasteiger charge is 2.44. The molecule has 0 aliphatic carbocycles. The molecule has 6 heteroatoms. The van der Waals surface area contributed by atoms with Gasteiger partial charge in [0.25, 0.3) is 0 Å². The van der Waals surface area contributed by atoms with Crippen molar-refractivity contribution >= 4 is 40.2 Å². The highest BCUT2D eigenvalue weighted by Crippen LogP contribution is 2.43. The van der Waals surface area contributed by atoms with Crippen molar-refractivity contribution in [2.75, 3.05) is 17.1 Å². The van der Waals surface area contributed by atoms with Crippen LogP contribution in [0.25, 0.3) is 0 Å². The average Bonchev–Trinajstić information content (AvgIpc) is 3.03. The minimum Gasteiger partial charge on any atom is -0.461 e. The van der Waals surface area contributed by atoms with E-state index in [9.17, 15) is 4.79 Å². The monoisotopic (exact) mass is 408 g/mol. The zero-order valence-electron chi connectivity index (χ0n) is 10.7. The summed E-state index contributed by atoms with van der Waals surface area (Å²) in [6.45, 7) is 0.250. The maximum Gasteiger partial charge on any atom is 0.310 e. The number of carbonyl (C=O) groups excluding carboxylic acids is 1. The second-order valence-corrected chi connectivity index (χ2v) is 6.11. The third-order valence-electron chi connectivity index (χ3n) is 3.76. The van der Waals surface area contributed by atoms with Gasteiger partial charge in [-0.2, -0.15) is 0 Å². The molecule has 0 unspecified atom stereocenters. The molecule has 2 heterocycles. The first-order valence-corrected chi connectivity index (χ1v) is 8.52. The minimum atomic E-state index is -0.173. The fourth-order valence-electron chi connectivity index (χ4n) is 2.83. The largest absolute Gasteiger partial charge is 0.461 e. The summed E-state index contributed by atoms with van der Waals surface area (Å²) in [4.78, 5) is 12.0. The lowest BCUT2D eigenvalue weighted by atomic mass is 9.83. The molecule has 3 atom stereocenters. The Labute approximate surface area is 135 Å². The predicted octanol–water partition coefficient (Wildman–Crippen LogP) is 3.10. The number of ether oxygens (including phenoxy) is 3. The molecule has 0 saturated carbocycles. The molecule has 0 spiro atoms. The minimum absolute atomic E-state index is 0.0349. The summed E-state index contributed by atoms with van der Waals surface area (Å²) in [7, 11) is 0. The Kier molecular flexibility index (Phi) is 4.26. The third-order valence-corrected chi connectivity index (χ3v) is 4.84. The molecule has 0 N–H and O–H groups in total. The number of hydrogen-bond acceptors (Lipinski definition) is 4. The van der Waals surface area contributed by atoms with Crippen LogP contribution in [0, 0.1) is 5.92 Å². The van der Waals surface area contributed by atoms with Crippen LogP contribution >= 0.6 is 34.2 Å². The van der Waals surface area contributed by atoms with E-state index in [0.29, 0.717) is 12.3 Å². The Morgan fingerprint density at radius 2 is 2.10 bits per heavy atom. The topological polar surface area (TPSA) is 44.8 Å². The molecule has 0 amide bonds. The maximum atomic E-state index is 12.0. The van der Waals surface area contributed by atoms with Crippen LogP contribution in [0.4, 0.5) is 0 Å². The van der Waals surface area contributed by atoms with E-state index < -0.39 is 0 Å². The molecule has 108 valence electrons. The van der Waals surface area contributed by atoms with Crippen LogP contribution in [0.3, 0.4) is 0 Å². The van der Waals surface area contributed by atoms with Crippen molar-refractivity contribution in [1.29, 1.82) is 0 Å². The summed E-state index contributed by atoms with van der Waals surface area (Å²) in [5.41, 5.74) is 1.05. The fourth-order valence-corrected chi connectivity index (χ4v) is 3.79. The van der Waals surface area contributed by atoms with Crippen molar-refractivity contribution in [1.82, 2.24) is 0 Å². The zero-order chi connectivity index (χ0) is 14.1. The van der Waals surface area contributed by atoms with Gasteiger partial charge in [-0.1, -0.05) is 28.7 Å². The van der Waals surface area contributed by atoms with Gasteiger partial charge in [-0.3, -0.25) is 4.79 Å². The second-order valence-electron chi connectivity index (χ2n) is 4.85. The molecule has 0 bridgehead atoms. The molecule has 2 aliphatic heterocycles. The Morgan fingerprint density at radius 1 is 1.30 bits per heavy atom. The summed E-state index contributed by atoms with van der Waals surface area (Å²) < 4.78 is 17.0. The van der Waals surface area contributed by atoms with Gasteiger partial charge in [0.2, 0.25) is 6.79 Å². The number of carbonyl (C=O) groups is 1. The quantitative estimate of drug-likeness (QED) is 0.436. The molecule has 0 radical (unpaired) electrons. The van der Waals surface area contributed by atoms with E-state index in [1.165, 1.54) is 0 Å². The van der Waals surface area contributed by atoms with Crippen molar-refractivity contribution in [2.45, 2.75) is 18.4 Å². The third kappa shape index (κ3) is 2.45. The summed E-state index contributed by atoms with van der Waals surface area (Å²) >= 11 is 8.08. The molecule has 4 nitrogen and oxygen atoms in total. The number of cyclic esters (lactones) is 1. The van der Waals surface area contributed by atoms with E-state index in [2.05, 4.69) is 22.6 Å². The van der Waals surface area contributed by atoms with Gasteiger partial charge in [-0.15, -0.1) is 11.6 Å². The van der Waals surface area contributed by atoms with Gasteiger partial charge >= 0.3 is 5.97 Å². The SMILES string of the molecule is O=C1O[C@@H](CI)[C@@H](c2ccc3c(c2)OCO3)[C@@H]1CCCl. The number of fused-ring (bicyclic) bond motifs is 1. The van der Waals surface area contributed by atoms with Gasteiger partial charge < -0.3 is 14.2 Å². The van der Waals surface area contributed by atoms with Crippen LogP contribution in [-0.4, -0.2) is 29.2 Å². The molecular weight excluding hydrogens is 395 g/mol. The van der Waals surface area contributed by atoms with Crippen molar-refractivity contribution in [3.05, 3.63) is 23.8 Å². The number of rotatable bonds is 4. The lowest BCUT2D eigenvalue weighted by Crippen LogP contribution is -2.20. The molecule has 3 rings (SSSR count). The number of esters is 1. The van der Waals surface area contributed by atoms with E-state index in [1.54, 1.807) is 0 Å². The summed E-state index contributed by atoms with van der Waals surface area (Å²) in [5.74, 6) is 1.65. The molecule has 2 aliphatic rings. The van der Waals surface area contributed by atoms with E-state index in [-0.39, 0.29) is 30.7 Å². The number of hydrogen-bond donors (Lipinski definition) is 0. The molecule has 1 saturated heterocycles. The van der Waals surface area contributed by atoms with Gasteiger partial charge in [0.1, 0.15) is 6.10 Å². The second kappa shape index (κ2) is 5.97. The predicted molar refractivity (Wildman–Crippen MR) is 82.9 cm³/mol. The Morgan fingerprint density at radius 3 is 2.85 bits per heavy atom. The van der Waals surface area contributed by atoms with Crippen LogP contribution in [-0.2, 0) is 9.53 Å². The highest BCUT2D eigenvalue weighted by molar-refractivity contribution is 14.1. The molecular formula is C14H14ClIO4. The highest BCUT2D eigenvalue weighted by atomic mass is 127. The van der Waals surface area contributed by atoms with Gasteiger partial charge in [0, 0.05) is 16.2 Å². The van der Waals surface area contributed by atoms with Crippen LogP contribution in [0.2, 0.25) is 0 Å². The lowest BCUT2D eigenvalue weighted by molar-refractivity contribution is -0.143. The number of halogens is 2. The maximum absolute atomic E-state index is 12.0. The van der Waals surface area contributed by atoms with E-state index in [0.717, 1.165) is 21.5 Å². The van der Waals surface area contributed by atoms with Crippen molar-refractivity contribution in [2.24, 2.45) is 5.92 Å². The van der Waals surface area contributed by atoms with Crippen LogP contribution in [0.5, 0.6) is 11.5 Å². The number of alkyl halides is 2. The smallest absolute Gasteiger partial charge is 0.310 e. The van der Waals surface area contributed by atoms with Crippen molar-refractivity contribution in [3.63, 3.8) is 0 Å². The summed E-state index contributed by atoms with van der Waals surface area (Å²) in [6.07, 6.45) is 0.531. The fraction of sp³-hybridized carbons (Fsp3) is 0.500. The van der Waals surface area contributed by atoms with Crippen LogP contribution < -0.4 is 9.47 Å². The first-order chi connectivity index (χ1) is 9.74. The normalized spacial score (nSPS) is 27.7. The Bertz CT molecular complexity index is 522. The first-order valence-electron chi connectivity index (χ1n) is 6.46. The van der Waals surface area contributed by atoms with Gasteiger partial charge in [-0.25, -0.2) is 0 Å². The van der Waals surface area contributed by atoms with E-state index in [4.69, 9.17) is 25.8 Å². The molecule has 1 aromatic rings. The van der Waals surface area contributed by atoms with Crippen molar-refractivity contribution in [3.8, 4) is 11.5 Å². The van der Waals surface area contributed by atoms with E-state index >= 15 is 0 Å². The lowest BCUT2D eigenvalue weighted by Gasteiger charge is -2.20. The average molecular weight is 409 g/mol. The van der Waals surface area contributed by atoms with E-state index in [1.807, 2.05) is 18.2 Å². The number of benzene rings is 1. The summed E-state index contributed by atoms with van der Waals surface area (Å²) in [6, 6.07) is 5.83. The molecule has 1 fully saturated rings. The standard InChI is InChI=1S/C14H14ClIO4/c15-4-3-9-13(12(6-16)20-14(9)17)8-1-2-10-11(5-8)19-7-18-10/h1-2,5,9,12-13H,3-4,6-7H2/t9-,12-,13-/m0/s1. The molecule has 0 aromatic heterocycles. The van der Waals surface area contributed by atoms with Gasteiger partial charge in [-0.05, 0) is 24.1 Å². The Hall–Kier alpha value is -0.690. The molecule has 20 heavy (non-hydrogen) atoms. The first kappa shape index (κ1) is 14.3. The van der Waals surface area contributed by atoms with Crippen LogP contribution in [0.15, 0.2) is 18.2 Å². The van der Waals surface area contributed by atoms with Gasteiger partial charge in [0.15, 0.2) is 11.5 Å².